The molecule has 2 aromatic carbocycles. The number of anilines is 1. The first-order valence-electron chi connectivity index (χ1n) is 9.26. The Morgan fingerprint density at radius 2 is 1.79 bits per heavy atom. The number of carbonyl (C=O) groups excluding carboxylic acids is 2. The Hall–Kier alpha value is -2.91. The second kappa shape index (κ2) is 8.62. The summed E-state index contributed by atoms with van der Waals surface area (Å²) in [6, 6.07) is 14.1. The van der Waals surface area contributed by atoms with E-state index in [0.717, 1.165) is 5.56 Å². The number of sulfonamides is 1. The van der Waals surface area contributed by atoms with Gasteiger partial charge in [-0.1, -0.05) is 30.3 Å². The molecule has 0 radical (unpaired) electrons. The highest BCUT2D eigenvalue weighted by Gasteiger charge is 2.33. The van der Waals surface area contributed by atoms with Crippen LogP contribution in [0.4, 0.5) is 10.5 Å². The highest BCUT2D eigenvalue weighted by atomic mass is 32.2. The van der Waals surface area contributed by atoms with Gasteiger partial charge in [0.25, 0.3) is 0 Å². The van der Waals surface area contributed by atoms with Crippen molar-refractivity contribution in [1.82, 2.24) is 9.21 Å². The van der Waals surface area contributed by atoms with Crippen molar-refractivity contribution in [2.24, 2.45) is 5.73 Å². The van der Waals surface area contributed by atoms with Crippen molar-refractivity contribution in [2.75, 3.05) is 18.9 Å². The molecule has 1 aliphatic heterocycles. The Bertz CT molecular complexity index is 977. The molecule has 0 bridgehead atoms. The smallest absolute Gasteiger partial charge is 0.315 e. The molecule has 3 N–H and O–H groups in total. The largest absolute Gasteiger partial charge is 0.351 e. The predicted molar refractivity (Wildman–Crippen MR) is 109 cm³/mol. The van der Waals surface area contributed by atoms with Gasteiger partial charge in [-0.2, -0.15) is 4.31 Å². The molecule has 1 heterocycles. The van der Waals surface area contributed by atoms with Crippen molar-refractivity contribution >= 4 is 27.6 Å². The summed E-state index contributed by atoms with van der Waals surface area (Å²) in [4.78, 5) is 25.3. The van der Waals surface area contributed by atoms with E-state index < -0.39 is 22.1 Å². The third-order valence-electron chi connectivity index (χ3n) is 4.92. The second-order valence-electron chi connectivity index (χ2n) is 6.95. The van der Waals surface area contributed by atoms with Crippen LogP contribution in [0.5, 0.6) is 0 Å². The summed E-state index contributed by atoms with van der Waals surface area (Å²) in [7, 11) is -2.14. The van der Waals surface area contributed by atoms with Crippen LogP contribution in [0.15, 0.2) is 59.5 Å². The lowest BCUT2D eigenvalue weighted by molar-refractivity contribution is -0.119. The van der Waals surface area contributed by atoms with Gasteiger partial charge in [-0.05, 0) is 42.7 Å². The average molecular weight is 417 g/mol. The summed E-state index contributed by atoms with van der Waals surface area (Å²) in [6.07, 6.45) is 1.26. The molecule has 29 heavy (non-hydrogen) atoms. The van der Waals surface area contributed by atoms with E-state index in [1.54, 1.807) is 0 Å². The monoisotopic (exact) mass is 416 g/mol. The summed E-state index contributed by atoms with van der Waals surface area (Å²) in [6.45, 7) is 0.713. The van der Waals surface area contributed by atoms with Gasteiger partial charge in [0.15, 0.2) is 0 Å². The Morgan fingerprint density at radius 1 is 1.14 bits per heavy atom. The summed E-state index contributed by atoms with van der Waals surface area (Å²) < 4.78 is 26.8. The number of amides is 3. The summed E-state index contributed by atoms with van der Waals surface area (Å²) in [5, 5.41) is 2.72. The molecular formula is C20H24N4O4S. The van der Waals surface area contributed by atoms with E-state index in [-0.39, 0.29) is 17.3 Å². The third kappa shape index (κ3) is 4.75. The number of hydrogen-bond acceptors (Lipinski definition) is 4. The molecule has 3 amide bonds. The van der Waals surface area contributed by atoms with Crippen LogP contribution in [-0.2, 0) is 21.4 Å². The van der Waals surface area contributed by atoms with Crippen LogP contribution in [0.25, 0.3) is 0 Å². The Balaban J connectivity index is 1.67. The number of nitrogens with two attached hydrogens (primary N) is 1. The first kappa shape index (κ1) is 20.8. The lowest BCUT2D eigenvalue weighted by Gasteiger charge is -2.22. The van der Waals surface area contributed by atoms with E-state index in [1.807, 2.05) is 30.3 Å². The number of primary amides is 1. The Labute approximate surface area is 170 Å². The van der Waals surface area contributed by atoms with E-state index >= 15 is 0 Å². The topological polar surface area (TPSA) is 113 Å². The van der Waals surface area contributed by atoms with Crippen LogP contribution >= 0.6 is 0 Å². The Morgan fingerprint density at radius 3 is 2.41 bits per heavy atom. The van der Waals surface area contributed by atoms with Crippen LogP contribution in [0, 0.1) is 0 Å². The molecule has 0 saturated carbocycles. The molecule has 0 aromatic heterocycles. The Kier molecular flexibility index (Phi) is 6.19. The number of rotatable bonds is 6. The minimum atomic E-state index is -3.67. The van der Waals surface area contributed by atoms with Gasteiger partial charge in [0.05, 0.1) is 4.90 Å². The number of benzene rings is 2. The van der Waals surface area contributed by atoms with Crippen LogP contribution in [0.1, 0.15) is 18.4 Å². The van der Waals surface area contributed by atoms with Gasteiger partial charge in [-0.15, -0.1) is 0 Å². The van der Waals surface area contributed by atoms with Crippen molar-refractivity contribution in [3.63, 3.8) is 0 Å². The zero-order chi connectivity index (χ0) is 21.0. The maximum atomic E-state index is 12.8. The number of nitrogens with one attached hydrogen (secondary N) is 1. The maximum absolute atomic E-state index is 12.8. The summed E-state index contributed by atoms with van der Waals surface area (Å²) in [5.74, 6) is -0.335. The van der Waals surface area contributed by atoms with E-state index in [4.69, 9.17) is 5.73 Å². The fourth-order valence-corrected chi connectivity index (χ4v) is 4.50. The standard InChI is InChI=1S/C20H24N4O4S/c1-23(14-15-6-3-2-4-7-15)29(27,28)17-11-9-16(10-12-17)22-19(25)18-8-5-13-24(18)20(21)26/h2-4,6-7,9-12,18H,5,8,13-14H2,1H3,(H2,21,26)(H,22,25). The number of carbonyl (C=O) groups is 2. The fraction of sp³-hybridized carbons (Fsp3) is 0.300. The van der Waals surface area contributed by atoms with Crippen molar-refractivity contribution in [3.8, 4) is 0 Å². The van der Waals surface area contributed by atoms with Gasteiger partial charge in [-0.3, -0.25) is 4.79 Å². The lowest BCUT2D eigenvalue weighted by atomic mass is 10.2. The maximum Gasteiger partial charge on any atom is 0.315 e. The zero-order valence-corrected chi connectivity index (χ0v) is 16.9. The molecule has 2 aromatic rings. The predicted octanol–water partition coefficient (Wildman–Crippen LogP) is 1.99. The SMILES string of the molecule is CN(Cc1ccccc1)S(=O)(=O)c1ccc(NC(=O)C2CCCN2C(N)=O)cc1. The molecule has 0 spiro atoms. The molecule has 1 atom stereocenters. The van der Waals surface area contributed by atoms with Crippen LogP contribution in [0.2, 0.25) is 0 Å². The second-order valence-corrected chi connectivity index (χ2v) is 8.99. The quantitative estimate of drug-likeness (QED) is 0.750. The van der Waals surface area contributed by atoms with Gasteiger partial charge in [0.2, 0.25) is 15.9 Å². The molecule has 154 valence electrons. The van der Waals surface area contributed by atoms with E-state index in [0.29, 0.717) is 25.1 Å². The van der Waals surface area contributed by atoms with Gasteiger partial charge in [0, 0.05) is 25.8 Å². The van der Waals surface area contributed by atoms with E-state index in [9.17, 15) is 18.0 Å². The normalized spacial score (nSPS) is 16.8. The fourth-order valence-electron chi connectivity index (χ4n) is 3.34. The number of nitrogens with zero attached hydrogens (tertiary/aromatic N) is 2. The van der Waals surface area contributed by atoms with Crippen LogP contribution in [-0.4, -0.2) is 49.2 Å². The van der Waals surface area contributed by atoms with Crippen molar-refractivity contribution in [3.05, 3.63) is 60.2 Å². The van der Waals surface area contributed by atoms with Gasteiger partial charge >= 0.3 is 6.03 Å². The van der Waals surface area contributed by atoms with E-state index in [2.05, 4.69) is 5.32 Å². The van der Waals surface area contributed by atoms with Crippen molar-refractivity contribution < 1.29 is 18.0 Å². The zero-order valence-electron chi connectivity index (χ0n) is 16.1. The first-order valence-corrected chi connectivity index (χ1v) is 10.7. The number of urea groups is 1. The molecule has 1 fully saturated rings. The van der Waals surface area contributed by atoms with E-state index in [1.165, 1.54) is 40.5 Å². The third-order valence-corrected chi connectivity index (χ3v) is 6.73. The molecule has 1 aliphatic rings. The van der Waals surface area contributed by atoms with Gasteiger partial charge in [-0.25, -0.2) is 13.2 Å². The van der Waals surface area contributed by atoms with Gasteiger partial charge in [0.1, 0.15) is 6.04 Å². The highest BCUT2D eigenvalue weighted by molar-refractivity contribution is 7.89. The summed E-state index contributed by atoms with van der Waals surface area (Å²) >= 11 is 0. The molecule has 3 rings (SSSR count). The highest BCUT2D eigenvalue weighted by Crippen LogP contribution is 2.21. The molecule has 9 heteroatoms. The molecule has 8 nitrogen and oxygen atoms in total. The van der Waals surface area contributed by atoms with Crippen LogP contribution in [0.3, 0.4) is 0 Å². The lowest BCUT2D eigenvalue weighted by Crippen LogP contribution is -2.45. The number of hydrogen-bond donors (Lipinski definition) is 2. The van der Waals surface area contributed by atoms with Gasteiger partial charge < -0.3 is 16.0 Å². The summed E-state index contributed by atoms with van der Waals surface area (Å²) in [5.41, 5.74) is 6.65. The number of likely N-dealkylation sites (tertiary alicyclic amines) is 1. The minimum Gasteiger partial charge on any atom is -0.351 e. The molecule has 0 aliphatic carbocycles. The van der Waals surface area contributed by atoms with Crippen molar-refractivity contribution in [2.45, 2.75) is 30.3 Å². The minimum absolute atomic E-state index is 0.133. The average Bonchev–Trinajstić information content (AvgIpc) is 3.19. The molecule has 1 saturated heterocycles. The molecular weight excluding hydrogens is 392 g/mol. The van der Waals surface area contributed by atoms with Crippen molar-refractivity contribution in [1.29, 1.82) is 0 Å². The molecule has 1 unspecified atom stereocenters. The van der Waals surface area contributed by atoms with Crippen LogP contribution < -0.4 is 11.1 Å². The first-order chi connectivity index (χ1) is 13.8.